The zero-order chi connectivity index (χ0) is 13.1. The molecule has 1 saturated heterocycles. The van der Waals surface area contributed by atoms with Gasteiger partial charge in [-0.2, -0.15) is 0 Å². The number of hydrogen-bond acceptors (Lipinski definition) is 5. The average Bonchev–Trinajstić information content (AvgIpc) is 2.37. The molecule has 6 nitrogen and oxygen atoms in total. The van der Waals surface area contributed by atoms with Gasteiger partial charge in [0.2, 0.25) is 0 Å². The average molecular weight is 249 g/mol. The van der Waals surface area contributed by atoms with Gasteiger partial charge in [-0.25, -0.2) is 10.8 Å². The minimum Gasteiger partial charge on any atom is -0.337 e. The van der Waals surface area contributed by atoms with Crippen LogP contribution in [0.4, 0.5) is 5.82 Å². The molecule has 3 N–H and O–H groups in total. The first-order valence-electron chi connectivity index (χ1n) is 6.18. The Bertz CT molecular complexity index is 426. The Morgan fingerprint density at radius 3 is 2.67 bits per heavy atom. The van der Waals surface area contributed by atoms with Gasteiger partial charge in [0, 0.05) is 13.1 Å². The van der Waals surface area contributed by atoms with Crippen molar-refractivity contribution < 1.29 is 4.79 Å². The zero-order valence-corrected chi connectivity index (χ0v) is 10.8. The van der Waals surface area contributed by atoms with Crippen LogP contribution in [-0.4, -0.2) is 33.9 Å². The molecule has 2 unspecified atom stereocenters. The topological polar surface area (TPSA) is 84.1 Å². The van der Waals surface area contributed by atoms with Crippen LogP contribution in [-0.2, 0) is 0 Å². The quantitative estimate of drug-likeness (QED) is 0.600. The van der Waals surface area contributed by atoms with Crippen LogP contribution in [0.3, 0.4) is 0 Å². The van der Waals surface area contributed by atoms with Gasteiger partial charge in [-0.05, 0) is 18.3 Å². The van der Waals surface area contributed by atoms with Crippen molar-refractivity contribution in [3.8, 4) is 0 Å². The standard InChI is InChI=1S/C12H19N5O/c1-8-3-9(2)7-17(6-8)12(18)10-4-14-5-11(15-10)16-13/h4-5,8-9H,3,6-7,13H2,1-2H3,(H,15,16). The van der Waals surface area contributed by atoms with Crippen molar-refractivity contribution in [2.45, 2.75) is 20.3 Å². The van der Waals surface area contributed by atoms with E-state index in [0.717, 1.165) is 13.1 Å². The van der Waals surface area contributed by atoms with Gasteiger partial charge in [0.25, 0.3) is 5.91 Å². The number of carbonyl (C=O) groups excluding carboxylic acids is 1. The molecule has 0 aromatic carbocycles. The summed E-state index contributed by atoms with van der Waals surface area (Å²) in [6, 6.07) is 0. The summed E-state index contributed by atoms with van der Waals surface area (Å²) in [5, 5.41) is 0. The predicted molar refractivity (Wildman–Crippen MR) is 68.7 cm³/mol. The van der Waals surface area contributed by atoms with E-state index in [1.165, 1.54) is 18.8 Å². The Labute approximate surface area is 107 Å². The fourth-order valence-electron chi connectivity index (χ4n) is 2.53. The first kappa shape index (κ1) is 12.8. The van der Waals surface area contributed by atoms with Gasteiger partial charge >= 0.3 is 0 Å². The molecule has 0 spiro atoms. The van der Waals surface area contributed by atoms with Crippen LogP contribution in [0.1, 0.15) is 30.8 Å². The van der Waals surface area contributed by atoms with Crippen LogP contribution in [0, 0.1) is 11.8 Å². The number of piperidine rings is 1. The summed E-state index contributed by atoms with van der Waals surface area (Å²) in [5.74, 6) is 6.65. The summed E-state index contributed by atoms with van der Waals surface area (Å²) < 4.78 is 0. The number of anilines is 1. The van der Waals surface area contributed by atoms with Crippen molar-refractivity contribution in [2.24, 2.45) is 17.7 Å². The van der Waals surface area contributed by atoms with Crippen LogP contribution in [0.2, 0.25) is 0 Å². The summed E-state index contributed by atoms with van der Waals surface area (Å²) in [4.78, 5) is 22.2. The normalized spacial score (nSPS) is 23.8. The molecule has 0 bridgehead atoms. The number of likely N-dealkylation sites (tertiary alicyclic amines) is 1. The lowest BCUT2D eigenvalue weighted by Crippen LogP contribution is -2.43. The molecule has 0 saturated carbocycles. The largest absolute Gasteiger partial charge is 0.337 e. The Hall–Kier alpha value is -1.69. The van der Waals surface area contributed by atoms with Crippen molar-refractivity contribution in [1.82, 2.24) is 14.9 Å². The van der Waals surface area contributed by atoms with Gasteiger partial charge < -0.3 is 10.3 Å². The first-order chi connectivity index (χ1) is 8.60. The maximum absolute atomic E-state index is 12.3. The summed E-state index contributed by atoms with van der Waals surface area (Å²) in [7, 11) is 0. The first-order valence-corrected chi connectivity index (χ1v) is 6.18. The monoisotopic (exact) mass is 249 g/mol. The van der Waals surface area contributed by atoms with E-state index in [1.54, 1.807) is 0 Å². The fourth-order valence-corrected chi connectivity index (χ4v) is 2.53. The molecule has 18 heavy (non-hydrogen) atoms. The zero-order valence-electron chi connectivity index (χ0n) is 10.8. The number of nitrogens with two attached hydrogens (primary N) is 1. The van der Waals surface area contributed by atoms with Crippen LogP contribution in [0.25, 0.3) is 0 Å². The highest BCUT2D eigenvalue weighted by Gasteiger charge is 2.26. The minimum absolute atomic E-state index is 0.0713. The van der Waals surface area contributed by atoms with E-state index < -0.39 is 0 Å². The van der Waals surface area contributed by atoms with Crippen molar-refractivity contribution in [1.29, 1.82) is 0 Å². The van der Waals surface area contributed by atoms with Crippen LogP contribution >= 0.6 is 0 Å². The number of nitrogens with one attached hydrogen (secondary N) is 1. The highest BCUT2D eigenvalue weighted by molar-refractivity contribution is 5.92. The van der Waals surface area contributed by atoms with Crippen molar-refractivity contribution >= 4 is 11.7 Å². The summed E-state index contributed by atoms with van der Waals surface area (Å²) in [6.45, 7) is 5.90. The highest BCUT2D eigenvalue weighted by Crippen LogP contribution is 2.22. The van der Waals surface area contributed by atoms with E-state index in [9.17, 15) is 4.79 Å². The molecular formula is C12H19N5O. The molecule has 1 aromatic heterocycles. The number of hydrazine groups is 1. The van der Waals surface area contributed by atoms with E-state index in [-0.39, 0.29) is 5.91 Å². The molecule has 1 aliphatic heterocycles. The molecule has 2 atom stereocenters. The number of hydrogen-bond donors (Lipinski definition) is 2. The van der Waals surface area contributed by atoms with Crippen LogP contribution in [0.15, 0.2) is 12.4 Å². The van der Waals surface area contributed by atoms with E-state index in [0.29, 0.717) is 23.3 Å². The molecular weight excluding hydrogens is 230 g/mol. The Morgan fingerprint density at radius 2 is 2.06 bits per heavy atom. The lowest BCUT2D eigenvalue weighted by molar-refractivity contribution is 0.0617. The van der Waals surface area contributed by atoms with Gasteiger partial charge in [-0.1, -0.05) is 13.8 Å². The third kappa shape index (κ3) is 2.76. The van der Waals surface area contributed by atoms with Gasteiger partial charge in [0.1, 0.15) is 5.69 Å². The second-order valence-corrected chi connectivity index (χ2v) is 5.09. The molecule has 1 fully saturated rings. The number of amides is 1. The van der Waals surface area contributed by atoms with Crippen molar-refractivity contribution in [3.05, 3.63) is 18.1 Å². The molecule has 1 amide bonds. The van der Waals surface area contributed by atoms with E-state index in [2.05, 4.69) is 29.2 Å². The molecule has 2 heterocycles. The maximum Gasteiger partial charge on any atom is 0.274 e. The van der Waals surface area contributed by atoms with Gasteiger partial charge in [-0.15, -0.1) is 0 Å². The minimum atomic E-state index is -0.0713. The van der Waals surface area contributed by atoms with Crippen molar-refractivity contribution in [3.63, 3.8) is 0 Å². The molecule has 1 aliphatic rings. The Balaban J connectivity index is 2.14. The molecule has 1 aromatic rings. The molecule has 0 aliphatic carbocycles. The smallest absolute Gasteiger partial charge is 0.274 e. The lowest BCUT2D eigenvalue weighted by Gasteiger charge is -2.34. The van der Waals surface area contributed by atoms with E-state index in [4.69, 9.17) is 5.84 Å². The number of carbonyl (C=O) groups is 1. The second kappa shape index (κ2) is 5.30. The number of rotatable bonds is 2. The lowest BCUT2D eigenvalue weighted by atomic mass is 9.92. The van der Waals surface area contributed by atoms with Gasteiger partial charge in [-0.3, -0.25) is 9.78 Å². The fraction of sp³-hybridized carbons (Fsp3) is 0.583. The molecule has 0 radical (unpaired) electrons. The third-order valence-corrected chi connectivity index (χ3v) is 3.16. The van der Waals surface area contributed by atoms with E-state index in [1.807, 2.05) is 4.90 Å². The summed E-state index contributed by atoms with van der Waals surface area (Å²) in [5.41, 5.74) is 2.74. The van der Waals surface area contributed by atoms with Gasteiger partial charge in [0.05, 0.1) is 12.4 Å². The number of nitrogen functional groups attached to an aromatic ring is 1. The van der Waals surface area contributed by atoms with E-state index >= 15 is 0 Å². The molecule has 98 valence electrons. The number of aromatic nitrogens is 2. The number of nitrogens with zero attached hydrogens (tertiary/aromatic N) is 3. The Morgan fingerprint density at radius 1 is 1.39 bits per heavy atom. The second-order valence-electron chi connectivity index (χ2n) is 5.09. The third-order valence-electron chi connectivity index (χ3n) is 3.16. The summed E-state index contributed by atoms with van der Waals surface area (Å²) in [6.07, 6.45) is 4.13. The SMILES string of the molecule is CC1CC(C)CN(C(=O)c2cncc(NN)n2)C1. The highest BCUT2D eigenvalue weighted by atomic mass is 16.2. The predicted octanol–water partition coefficient (Wildman–Crippen LogP) is 0.880. The van der Waals surface area contributed by atoms with Crippen LogP contribution in [0.5, 0.6) is 0 Å². The summed E-state index contributed by atoms with van der Waals surface area (Å²) >= 11 is 0. The Kier molecular flexibility index (Phi) is 3.76. The maximum atomic E-state index is 12.3. The van der Waals surface area contributed by atoms with Crippen LogP contribution < -0.4 is 11.3 Å². The van der Waals surface area contributed by atoms with Gasteiger partial charge in [0.15, 0.2) is 5.82 Å². The molecule has 6 heteroatoms. The van der Waals surface area contributed by atoms with Crippen molar-refractivity contribution in [2.75, 3.05) is 18.5 Å². The molecule has 2 rings (SSSR count).